The van der Waals surface area contributed by atoms with Gasteiger partial charge in [-0.25, -0.2) is 8.42 Å². The number of aryl methyl sites for hydroxylation is 1. The fraction of sp³-hybridized carbons (Fsp3) is 0.233. The number of rotatable bonds is 14. The van der Waals surface area contributed by atoms with Gasteiger partial charge in [0, 0.05) is 42.8 Å². The number of aromatic hydroxyl groups is 1. The number of ether oxygens (including phenoxy) is 1. The predicted octanol–water partition coefficient (Wildman–Crippen LogP) is 3.45. The Balaban J connectivity index is 1.76. The molecule has 0 saturated carbocycles. The number of anilines is 3. The number of nitrogens with one attached hydrogen (secondary N) is 2. The Labute approximate surface area is 292 Å². The minimum absolute atomic E-state index is 0.0273. The number of azo groups is 1. The van der Waals surface area contributed by atoms with Gasteiger partial charge in [-0.15, -0.1) is 10.2 Å². The first-order valence-electron chi connectivity index (χ1n) is 14.6. The second-order valence-corrected chi connectivity index (χ2v) is 15.6. The summed E-state index contributed by atoms with van der Waals surface area (Å²) in [6.45, 7) is 1.50. The number of sulfonamides is 1. The molecule has 0 aliphatic rings. The summed E-state index contributed by atoms with van der Waals surface area (Å²) < 4.78 is 100. The molecule has 0 aromatic heterocycles. The van der Waals surface area contributed by atoms with Crippen molar-refractivity contribution in [3.63, 3.8) is 0 Å². The van der Waals surface area contributed by atoms with Crippen molar-refractivity contribution >= 4 is 75.4 Å². The molecule has 0 bridgehead atoms. The summed E-state index contributed by atoms with van der Waals surface area (Å²) in [7, 11) is -12.7. The average molecular weight is 768 g/mol. The number of phenols is 1. The molecule has 0 radical (unpaired) electrons. The molecule has 0 aliphatic heterocycles. The van der Waals surface area contributed by atoms with Crippen LogP contribution in [0.3, 0.4) is 0 Å². The molecule has 0 heterocycles. The second-order valence-electron chi connectivity index (χ2n) is 10.8. The molecule has 7 N–H and O–H groups in total. The summed E-state index contributed by atoms with van der Waals surface area (Å²) in [6, 6.07) is 11.1. The summed E-state index contributed by atoms with van der Waals surface area (Å²) in [5.74, 6) is -1.52. The Kier molecular flexibility index (Phi) is 11.7. The Morgan fingerprint density at radius 1 is 0.843 bits per heavy atom. The van der Waals surface area contributed by atoms with Crippen LogP contribution in [0.2, 0.25) is 0 Å². The minimum atomic E-state index is -5.14. The van der Waals surface area contributed by atoms with E-state index in [-0.39, 0.29) is 45.9 Å². The van der Waals surface area contributed by atoms with Crippen LogP contribution in [-0.4, -0.2) is 93.3 Å². The SMILES string of the molecule is COc1cc(Nc2ccc(S(=O)(=O)N(CCO)CCO)cc2)c(C)cc1/N=N/c1c(S(=O)(=O)O)cc2cc(S(=O)(=O)O)cc(NC(C)=O)c2c1O. The minimum Gasteiger partial charge on any atom is -0.505 e. The van der Waals surface area contributed by atoms with Gasteiger partial charge in [-0.05, 0) is 66.4 Å². The monoisotopic (exact) mass is 767 g/mol. The number of nitrogens with zero attached hydrogens (tertiary/aromatic N) is 3. The van der Waals surface area contributed by atoms with E-state index in [2.05, 4.69) is 20.9 Å². The third-order valence-electron chi connectivity index (χ3n) is 7.26. The molecule has 4 rings (SSSR count). The molecule has 274 valence electrons. The lowest BCUT2D eigenvalue weighted by Gasteiger charge is -2.20. The van der Waals surface area contributed by atoms with E-state index in [1.54, 1.807) is 6.92 Å². The van der Waals surface area contributed by atoms with Crippen LogP contribution in [0.5, 0.6) is 11.5 Å². The standard InChI is InChI=1S/C30H33N5O13S3/c1-17-12-24(26(48-3)16-23(17)32-20-4-6-21(7-5-20)49(40,41)35(8-10-36)9-11-37)33-34-29-27(51(45,46)47)14-19-13-22(50(42,43)44)15-25(31-18(2)38)28(19)30(29)39/h4-7,12-16,32,36-37,39H,8-11H2,1-3H3,(H,31,38)(H,42,43,44)(H,45,46,47)/b34-33+. The Bertz CT molecular complexity index is 2340. The summed E-state index contributed by atoms with van der Waals surface area (Å²) >= 11 is 0. The van der Waals surface area contributed by atoms with Gasteiger partial charge >= 0.3 is 0 Å². The molecule has 0 aliphatic carbocycles. The number of carbonyl (C=O) groups excluding carboxylic acids is 1. The van der Waals surface area contributed by atoms with E-state index < -0.39 is 70.6 Å². The highest BCUT2D eigenvalue weighted by Gasteiger charge is 2.26. The van der Waals surface area contributed by atoms with Crippen LogP contribution in [0.15, 0.2) is 79.5 Å². The first-order valence-corrected chi connectivity index (χ1v) is 18.9. The van der Waals surface area contributed by atoms with Crippen molar-refractivity contribution < 1.29 is 59.2 Å². The van der Waals surface area contributed by atoms with Gasteiger partial charge in [-0.3, -0.25) is 13.9 Å². The molecule has 0 atom stereocenters. The smallest absolute Gasteiger partial charge is 0.296 e. The highest BCUT2D eigenvalue weighted by atomic mass is 32.2. The van der Waals surface area contributed by atoms with Gasteiger partial charge in [-0.1, -0.05) is 0 Å². The zero-order valence-electron chi connectivity index (χ0n) is 27.1. The van der Waals surface area contributed by atoms with E-state index in [4.69, 9.17) is 4.74 Å². The van der Waals surface area contributed by atoms with Gasteiger partial charge in [0.1, 0.15) is 22.0 Å². The van der Waals surface area contributed by atoms with Crippen molar-refractivity contribution in [2.45, 2.75) is 28.5 Å². The number of amides is 1. The lowest BCUT2D eigenvalue weighted by atomic mass is 10.1. The maximum absolute atomic E-state index is 12.9. The first kappa shape index (κ1) is 39.1. The molecule has 4 aromatic rings. The Morgan fingerprint density at radius 3 is 2.00 bits per heavy atom. The lowest BCUT2D eigenvalue weighted by molar-refractivity contribution is -0.114. The predicted molar refractivity (Wildman–Crippen MR) is 184 cm³/mol. The van der Waals surface area contributed by atoms with Crippen LogP contribution in [0.25, 0.3) is 10.8 Å². The van der Waals surface area contributed by atoms with Crippen LogP contribution >= 0.6 is 0 Å². The summed E-state index contributed by atoms with van der Waals surface area (Å²) in [5, 5.41) is 42.4. The fourth-order valence-electron chi connectivity index (χ4n) is 4.93. The first-order chi connectivity index (χ1) is 23.8. The van der Waals surface area contributed by atoms with Crippen LogP contribution in [0.1, 0.15) is 12.5 Å². The average Bonchev–Trinajstić information content (AvgIpc) is 3.04. The number of hydrogen-bond donors (Lipinski definition) is 7. The van der Waals surface area contributed by atoms with Gasteiger partial charge in [0.05, 0.1) is 35.8 Å². The number of methoxy groups -OCH3 is 1. The van der Waals surface area contributed by atoms with Crippen LogP contribution in [0.4, 0.5) is 28.4 Å². The number of carbonyl (C=O) groups is 1. The zero-order valence-corrected chi connectivity index (χ0v) is 29.5. The third kappa shape index (κ3) is 8.77. The van der Waals surface area contributed by atoms with Crippen molar-refractivity contribution in [1.29, 1.82) is 0 Å². The highest BCUT2D eigenvalue weighted by Crippen LogP contribution is 2.46. The van der Waals surface area contributed by atoms with Gasteiger partial charge < -0.3 is 30.7 Å². The number of phenolic OH excluding ortho intramolecular Hbond substituents is 1. The number of benzene rings is 4. The van der Waals surface area contributed by atoms with Gasteiger partial charge in [-0.2, -0.15) is 21.1 Å². The topological polar surface area (TPSA) is 282 Å². The summed E-state index contributed by atoms with van der Waals surface area (Å²) in [5.41, 5.74) is 0.414. The van der Waals surface area contributed by atoms with Gasteiger partial charge in [0.2, 0.25) is 15.9 Å². The van der Waals surface area contributed by atoms with Crippen LogP contribution in [0, 0.1) is 6.92 Å². The Morgan fingerprint density at radius 2 is 1.47 bits per heavy atom. The normalized spacial score (nSPS) is 12.5. The van der Waals surface area contributed by atoms with Crippen molar-refractivity contribution in [3.8, 4) is 11.5 Å². The molecule has 0 spiro atoms. The van der Waals surface area contributed by atoms with E-state index in [1.165, 1.54) is 43.5 Å². The summed E-state index contributed by atoms with van der Waals surface area (Å²) in [4.78, 5) is 10.1. The molecule has 1 amide bonds. The quantitative estimate of drug-likeness (QED) is 0.0715. The van der Waals surface area contributed by atoms with E-state index in [0.717, 1.165) is 29.4 Å². The molecular formula is C30H33N5O13S3. The van der Waals surface area contributed by atoms with Crippen LogP contribution < -0.4 is 15.4 Å². The van der Waals surface area contributed by atoms with Crippen molar-refractivity contribution in [2.24, 2.45) is 10.2 Å². The van der Waals surface area contributed by atoms with Crippen molar-refractivity contribution in [1.82, 2.24) is 4.31 Å². The van der Waals surface area contributed by atoms with E-state index >= 15 is 0 Å². The Hall–Kier alpha value is -4.74. The van der Waals surface area contributed by atoms with E-state index in [1.807, 2.05) is 0 Å². The summed E-state index contributed by atoms with van der Waals surface area (Å²) in [6.07, 6.45) is 0. The molecule has 0 saturated heterocycles. The van der Waals surface area contributed by atoms with Gasteiger partial charge in [0.15, 0.2) is 5.75 Å². The molecule has 4 aromatic carbocycles. The van der Waals surface area contributed by atoms with E-state index in [0.29, 0.717) is 16.9 Å². The second kappa shape index (κ2) is 15.2. The molecule has 51 heavy (non-hydrogen) atoms. The number of hydrogen-bond acceptors (Lipinski definition) is 14. The number of aliphatic hydroxyl groups is 2. The molecule has 0 fully saturated rings. The zero-order chi connectivity index (χ0) is 37.9. The highest BCUT2D eigenvalue weighted by molar-refractivity contribution is 7.89. The molecule has 18 nitrogen and oxygen atoms in total. The number of fused-ring (bicyclic) bond motifs is 1. The van der Waals surface area contributed by atoms with E-state index in [9.17, 15) is 54.5 Å². The third-order valence-corrected chi connectivity index (χ3v) is 10.9. The maximum Gasteiger partial charge on any atom is 0.296 e. The van der Waals surface area contributed by atoms with Crippen molar-refractivity contribution in [2.75, 3.05) is 44.0 Å². The van der Waals surface area contributed by atoms with Crippen LogP contribution in [-0.2, 0) is 35.1 Å². The molecule has 0 unspecified atom stereocenters. The molecular weight excluding hydrogens is 735 g/mol. The largest absolute Gasteiger partial charge is 0.505 e. The lowest BCUT2D eigenvalue weighted by Crippen LogP contribution is -2.35. The number of aliphatic hydroxyl groups excluding tert-OH is 2. The van der Waals surface area contributed by atoms with Gasteiger partial charge in [0.25, 0.3) is 20.2 Å². The van der Waals surface area contributed by atoms with Crippen molar-refractivity contribution in [3.05, 3.63) is 60.2 Å². The maximum atomic E-state index is 12.9. The fourth-order valence-corrected chi connectivity index (χ4v) is 7.56. The molecule has 21 heteroatoms.